The fraction of sp³-hybridized carbons (Fsp3) is 0.368. The summed E-state index contributed by atoms with van der Waals surface area (Å²) in [6, 6.07) is 6.77. The van der Waals surface area contributed by atoms with Crippen molar-refractivity contribution < 1.29 is 27.1 Å². The molecule has 1 aliphatic heterocycles. The van der Waals surface area contributed by atoms with Crippen LogP contribution in [0.5, 0.6) is 5.88 Å². The number of rotatable bonds is 7. The third kappa shape index (κ3) is 4.89. The fourth-order valence-electron chi connectivity index (χ4n) is 2.87. The van der Waals surface area contributed by atoms with Crippen LogP contribution in [0.25, 0.3) is 0 Å². The quantitative estimate of drug-likeness (QED) is 0.726. The molecule has 1 aromatic heterocycles. The highest BCUT2D eigenvalue weighted by molar-refractivity contribution is 7.89. The number of hydrogen-bond donors (Lipinski definition) is 1. The first-order chi connectivity index (χ1) is 13.9. The largest absolute Gasteiger partial charge is 0.478 e. The van der Waals surface area contributed by atoms with Gasteiger partial charge in [-0.1, -0.05) is 6.07 Å². The lowest BCUT2D eigenvalue weighted by Gasteiger charge is -2.26. The monoisotopic (exact) mass is 423 g/mol. The fourth-order valence-corrected chi connectivity index (χ4v) is 4.37. The van der Waals surface area contributed by atoms with Crippen LogP contribution in [0.1, 0.15) is 22.8 Å². The van der Waals surface area contributed by atoms with E-state index in [4.69, 9.17) is 9.47 Å². The number of nitrogens with one attached hydrogen (secondary N) is 1. The van der Waals surface area contributed by atoms with Crippen molar-refractivity contribution >= 4 is 15.9 Å². The summed E-state index contributed by atoms with van der Waals surface area (Å²) in [4.78, 5) is 16.1. The Bertz CT molecular complexity index is 978. The molecular weight excluding hydrogens is 401 g/mol. The number of amides is 1. The van der Waals surface area contributed by atoms with Crippen LogP contribution in [0, 0.1) is 5.82 Å². The van der Waals surface area contributed by atoms with Gasteiger partial charge in [-0.25, -0.2) is 17.8 Å². The molecule has 3 rings (SSSR count). The van der Waals surface area contributed by atoms with Gasteiger partial charge in [0.15, 0.2) is 0 Å². The molecule has 0 unspecified atom stereocenters. The Balaban J connectivity index is 1.78. The van der Waals surface area contributed by atoms with Gasteiger partial charge in [0.25, 0.3) is 5.91 Å². The van der Waals surface area contributed by atoms with Gasteiger partial charge >= 0.3 is 0 Å². The SMILES string of the molecule is CCOc1ncccc1CNC(=O)c1ccc(F)c(S(=O)(=O)N2CCOCC2)c1. The molecule has 2 aromatic rings. The molecule has 1 saturated heterocycles. The summed E-state index contributed by atoms with van der Waals surface area (Å²) in [7, 11) is -4.06. The Labute approximate surface area is 168 Å². The van der Waals surface area contributed by atoms with E-state index in [1.165, 1.54) is 6.07 Å². The Morgan fingerprint density at radius 2 is 2.07 bits per heavy atom. The maximum atomic E-state index is 14.3. The van der Waals surface area contributed by atoms with E-state index >= 15 is 0 Å². The highest BCUT2D eigenvalue weighted by Crippen LogP contribution is 2.22. The lowest BCUT2D eigenvalue weighted by molar-refractivity contribution is 0.0729. The predicted octanol–water partition coefficient (Wildman–Crippen LogP) is 1.57. The molecule has 0 spiro atoms. The van der Waals surface area contributed by atoms with Crippen molar-refractivity contribution in [2.24, 2.45) is 0 Å². The zero-order chi connectivity index (χ0) is 20.9. The maximum absolute atomic E-state index is 14.3. The number of halogens is 1. The van der Waals surface area contributed by atoms with Gasteiger partial charge in [-0.3, -0.25) is 4.79 Å². The molecule has 1 aliphatic rings. The molecule has 1 N–H and O–H groups in total. The van der Waals surface area contributed by atoms with Crippen molar-refractivity contribution in [2.45, 2.75) is 18.4 Å². The molecule has 10 heteroatoms. The molecular formula is C19H22FN3O5S. The maximum Gasteiger partial charge on any atom is 0.251 e. The minimum atomic E-state index is -4.06. The molecule has 0 aliphatic carbocycles. The lowest BCUT2D eigenvalue weighted by atomic mass is 10.2. The number of carbonyl (C=O) groups excluding carboxylic acids is 1. The van der Waals surface area contributed by atoms with Crippen LogP contribution in [0.4, 0.5) is 4.39 Å². The van der Waals surface area contributed by atoms with Gasteiger partial charge in [0, 0.05) is 37.0 Å². The number of benzene rings is 1. The van der Waals surface area contributed by atoms with E-state index < -0.39 is 26.6 Å². The van der Waals surface area contributed by atoms with Crippen molar-refractivity contribution in [3.8, 4) is 5.88 Å². The summed E-state index contributed by atoms with van der Waals surface area (Å²) in [5.74, 6) is -1.03. The molecule has 1 aromatic carbocycles. The highest BCUT2D eigenvalue weighted by atomic mass is 32.2. The summed E-state index contributed by atoms with van der Waals surface area (Å²) in [5.41, 5.74) is 0.714. The van der Waals surface area contributed by atoms with Gasteiger partial charge in [-0.05, 0) is 31.2 Å². The van der Waals surface area contributed by atoms with E-state index in [9.17, 15) is 17.6 Å². The topological polar surface area (TPSA) is 97.8 Å². The molecule has 0 bridgehead atoms. The number of pyridine rings is 1. The summed E-state index contributed by atoms with van der Waals surface area (Å²) in [5, 5.41) is 2.68. The van der Waals surface area contributed by atoms with E-state index in [0.717, 1.165) is 16.4 Å². The number of carbonyl (C=O) groups is 1. The molecule has 29 heavy (non-hydrogen) atoms. The molecule has 1 amide bonds. The molecule has 1 fully saturated rings. The van der Waals surface area contributed by atoms with Crippen molar-refractivity contribution in [2.75, 3.05) is 32.9 Å². The number of ether oxygens (including phenoxy) is 2. The highest BCUT2D eigenvalue weighted by Gasteiger charge is 2.29. The normalized spacial score (nSPS) is 15.1. The average molecular weight is 423 g/mol. The van der Waals surface area contributed by atoms with E-state index in [2.05, 4.69) is 10.3 Å². The predicted molar refractivity (Wildman–Crippen MR) is 103 cm³/mol. The van der Waals surface area contributed by atoms with Crippen LogP contribution in [0.3, 0.4) is 0 Å². The Morgan fingerprint density at radius 1 is 1.31 bits per heavy atom. The molecule has 0 radical (unpaired) electrons. The molecule has 0 saturated carbocycles. The first-order valence-corrected chi connectivity index (χ1v) is 10.6. The average Bonchev–Trinajstić information content (AvgIpc) is 2.74. The number of hydrogen-bond acceptors (Lipinski definition) is 6. The molecule has 156 valence electrons. The standard InChI is InChI=1S/C19H22FN3O5S/c1-2-28-19-15(4-3-7-21-19)13-22-18(24)14-5-6-16(20)17(12-14)29(25,26)23-8-10-27-11-9-23/h3-7,12H,2,8-11,13H2,1H3,(H,22,24). The third-order valence-corrected chi connectivity index (χ3v) is 6.27. The summed E-state index contributed by atoms with van der Waals surface area (Å²) < 4.78 is 51.5. The van der Waals surface area contributed by atoms with E-state index in [1.54, 1.807) is 18.3 Å². The van der Waals surface area contributed by atoms with Gasteiger partial charge in [0.2, 0.25) is 15.9 Å². The first kappa shape index (κ1) is 21.2. The second-order valence-corrected chi connectivity index (χ2v) is 8.15. The van der Waals surface area contributed by atoms with Crippen LogP contribution in [0.15, 0.2) is 41.4 Å². The summed E-state index contributed by atoms with van der Waals surface area (Å²) in [6.45, 7) is 3.15. The zero-order valence-electron chi connectivity index (χ0n) is 15.9. The second kappa shape index (κ2) is 9.29. The van der Waals surface area contributed by atoms with Crippen molar-refractivity contribution in [3.63, 3.8) is 0 Å². The molecule has 0 atom stereocenters. The molecule has 8 nitrogen and oxygen atoms in total. The Kier molecular flexibility index (Phi) is 6.78. The van der Waals surface area contributed by atoms with Crippen molar-refractivity contribution in [3.05, 3.63) is 53.5 Å². The lowest BCUT2D eigenvalue weighted by Crippen LogP contribution is -2.41. The summed E-state index contributed by atoms with van der Waals surface area (Å²) >= 11 is 0. The number of nitrogens with zero attached hydrogens (tertiary/aromatic N) is 2. The van der Waals surface area contributed by atoms with Gasteiger partial charge in [0.1, 0.15) is 10.7 Å². The third-order valence-electron chi connectivity index (χ3n) is 4.35. The van der Waals surface area contributed by atoms with Gasteiger partial charge in [-0.15, -0.1) is 0 Å². The number of morpholine rings is 1. The van der Waals surface area contributed by atoms with Crippen molar-refractivity contribution in [1.29, 1.82) is 0 Å². The van der Waals surface area contributed by atoms with Crippen LogP contribution in [-0.2, 0) is 21.3 Å². The van der Waals surface area contributed by atoms with E-state index in [-0.39, 0.29) is 38.4 Å². The Hall–Kier alpha value is -2.56. The van der Waals surface area contributed by atoms with Gasteiger partial charge < -0.3 is 14.8 Å². The van der Waals surface area contributed by atoms with Gasteiger partial charge in [-0.2, -0.15) is 4.31 Å². The van der Waals surface area contributed by atoms with Crippen LogP contribution < -0.4 is 10.1 Å². The minimum absolute atomic E-state index is 0.0417. The van der Waals surface area contributed by atoms with Crippen LogP contribution in [0.2, 0.25) is 0 Å². The van der Waals surface area contributed by atoms with Crippen molar-refractivity contribution in [1.82, 2.24) is 14.6 Å². The van der Waals surface area contributed by atoms with E-state index in [1.807, 2.05) is 6.92 Å². The zero-order valence-corrected chi connectivity index (χ0v) is 16.7. The van der Waals surface area contributed by atoms with Crippen LogP contribution >= 0.6 is 0 Å². The van der Waals surface area contributed by atoms with Crippen LogP contribution in [-0.4, -0.2) is 56.5 Å². The smallest absolute Gasteiger partial charge is 0.251 e. The van der Waals surface area contributed by atoms with E-state index in [0.29, 0.717) is 18.1 Å². The number of sulfonamides is 1. The first-order valence-electron chi connectivity index (χ1n) is 9.16. The molecule has 2 heterocycles. The van der Waals surface area contributed by atoms with Gasteiger partial charge in [0.05, 0.1) is 19.8 Å². The minimum Gasteiger partial charge on any atom is -0.478 e. The summed E-state index contributed by atoms with van der Waals surface area (Å²) in [6.07, 6.45) is 1.58. The number of aromatic nitrogens is 1. The second-order valence-electron chi connectivity index (χ2n) is 6.25. The Morgan fingerprint density at radius 3 is 2.79 bits per heavy atom.